The molecule has 1 fully saturated rings. The summed E-state index contributed by atoms with van der Waals surface area (Å²) >= 11 is 0. The molecule has 1 aliphatic rings. The highest BCUT2D eigenvalue weighted by Gasteiger charge is 2.26. The first kappa shape index (κ1) is 15.8. The Bertz CT molecular complexity index is 472. The smallest absolute Gasteiger partial charge is 0.320 e. The minimum absolute atomic E-state index is 0.200. The number of hydrogen-bond donors (Lipinski definition) is 1. The van der Waals surface area contributed by atoms with Gasteiger partial charge in [0.05, 0.1) is 5.69 Å². The fourth-order valence-corrected chi connectivity index (χ4v) is 2.72. The van der Waals surface area contributed by atoms with Crippen molar-refractivity contribution in [2.45, 2.75) is 31.7 Å². The highest BCUT2D eigenvalue weighted by atomic mass is 19.1. The van der Waals surface area contributed by atoms with Gasteiger partial charge in [0.2, 0.25) is 0 Å². The Morgan fingerprint density at radius 2 is 1.90 bits per heavy atom. The maximum atomic E-state index is 13.7. The monoisotopic (exact) mass is 293 g/mol. The SMILES string of the molecule is CN(C)CCN(C(=O)Nc1ccccc1F)C1CCCC1. The van der Waals surface area contributed by atoms with E-state index in [2.05, 4.69) is 10.2 Å². The van der Waals surface area contributed by atoms with Crippen molar-refractivity contribution in [2.75, 3.05) is 32.5 Å². The van der Waals surface area contributed by atoms with E-state index in [1.807, 2.05) is 19.0 Å². The zero-order chi connectivity index (χ0) is 15.2. The lowest BCUT2D eigenvalue weighted by molar-refractivity contribution is 0.180. The van der Waals surface area contributed by atoms with Crippen LogP contribution in [-0.2, 0) is 0 Å². The van der Waals surface area contributed by atoms with Crippen LogP contribution >= 0.6 is 0 Å². The summed E-state index contributed by atoms with van der Waals surface area (Å²) in [6.45, 7) is 1.47. The molecular formula is C16H24FN3O. The van der Waals surface area contributed by atoms with Gasteiger partial charge in [0, 0.05) is 19.1 Å². The molecule has 0 radical (unpaired) electrons. The lowest BCUT2D eigenvalue weighted by Gasteiger charge is -2.30. The van der Waals surface area contributed by atoms with Gasteiger partial charge < -0.3 is 15.1 Å². The molecule has 1 aliphatic carbocycles. The maximum Gasteiger partial charge on any atom is 0.322 e. The number of nitrogens with one attached hydrogen (secondary N) is 1. The Labute approximate surface area is 125 Å². The first-order valence-corrected chi connectivity index (χ1v) is 7.55. The molecule has 1 N–H and O–H groups in total. The molecule has 0 spiro atoms. The molecule has 1 aromatic carbocycles. The second kappa shape index (κ2) is 7.41. The average Bonchev–Trinajstić information content (AvgIpc) is 2.95. The van der Waals surface area contributed by atoms with E-state index in [0.717, 1.165) is 32.2 Å². The van der Waals surface area contributed by atoms with Gasteiger partial charge in [-0.05, 0) is 39.1 Å². The topological polar surface area (TPSA) is 35.6 Å². The molecule has 21 heavy (non-hydrogen) atoms. The van der Waals surface area contributed by atoms with Crippen LogP contribution in [-0.4, -0.2) is 49.1 Å². The van der Waals surface area contributed by atoms with Crippen LogP contribution in [0.5, 0.6) is 0 Å². The number of anilines is 1. The van der Waals surface area contributed by atoms with E-state index in [0.29, 0.717) is 6.54 Å². The highest BCUT2D eigenvalue weighted by Crippen LogP contribution is 2.24. The molecule has 2 amide bonds. The van der Waals surface area contributed by atoms with E-state index in [1.54, 1.807) is 18.2 Å². The summed E-state index contributed by atoms with van der Waals surface area (Å²) in [6, 6.07) is 6.36. The van der Waals surface area contributed by atoms with E-state index in [9.17, 15) is 9.18 Å². The quantitative estimate of drug-likeness (QED) is 0.905. The van der Waals surface area contributed by atoms with Gasteiger partial charge in [-0.2, -0.15) is 0 Å². The molecule has 2 rings (SSSR count). The van der Waals surface area contributed by atoms with Crippen molar-refractivity contribution in [1.29, 1.82) is 0 Å². The van der Waals surface area contributed by atoms with Crippen LogP contribution in [0.25, 0.3) is 0 Å². The summed E-state index contributed by atoms with van der Waals surface area (Å²) in [6.07, 6.45) is 4.41. The Balaban J connectivity index is 2.04. The third kappa shape index (κ3) is 4.43. The van der Waals surface area contributed by atoms with Gasteiger partial charge in [-0.3, -0.25) is 0 Å². The van der Waals surface area contributed by atoms with E-state index >= 15 is 0 Å². The lowest BCUT2D eigenvalue weighted by atomic mass is 10.2. The van der Waals surface area contributed by atoms with Crippen LogP contribution in [0.2, 0.25) is 0 Å². The highest BCUT2D eigenvalue weighted by molar-refractivity contribution is 5.89. The van der Waals surface area contributed by atoms with Crippen molar-refractivity contribution < 1.29 is 9.18 Å². The van der Waals surface area contributed by atoms with E-state index in [1.165, 1.54) is 6.07 Å². The molecule has 5 heteroatoms. The Morgan fingerprint density at radius 3 is 2.52 bits per heavy atom. The van der Waals surface area contributed by atoms with Gasteiger partial charge in [0.15, 0.2) is 0 Å². The first-order chi connectivity index (χ1) is 10.1. The number of likely N-dealkylation sites (N-methyl/N-ethyl adjacent to an activating group) is 1. The number of amides is 2. The van der Waals surface area contributed by atoms with Crippen LogP contribution in [0.4, 0.5) is 14.9 Å². The second-order valence-electron chi connectivity index (χ2n) is 5.84. The molecule has 4 nitrogen and oxygen atoms in total. The fourth-order valence-electron chi connectivity index (χ4n) is 2.72. The van der Waals surface area contributed by atoms with Crippen LogP contribution in [0, 0.1) is 5.82 Å². The number of urea groups is 1. The van der Waals surface area contributed by atoms with Gasteiger partial charge in [-0.1, -0.05) is 25.0 Å². The predicted octanol–water partition coefficient (Wildman–Crippen LogP) is 3.16. The third-order valence-electron chi connectivity index (χ3n) is 3.93. The summed E-state index contributed by atoms with van der Waals surface area (Å²) in [5, 5.41) is 2.70. The van der Waals surface area contributed by atoms with Crippen LogP contribution in [0.1, 0.15) is 25.7 Å². The molecule has 0 aliphatic heterocycles. The maximum absolute atomic E-state index is 13.7. The molecule has 0 atom stereocenters. The largest absolute Gasteiger partial charge is 0.322 e. The van der Waals surface area contributed by atoms with Gasteiger partial charge in [0.1, 0.15) is 5.82 Å². The Hall–Kier alpha value is -1.62. The van der Waals surface area contributed by atoms with Gasteiger partial charge in [-0.15, -0.1) is 0 Å². The number of hydrogen-bond acceptors (Lipinski definition) is 2. The van der Waals surface area contributed by atoms with Crippen molar-refractivity contribution in [2.24, 2.45) is 0 Å². The molecule has 0 bridgehead atoms. The van der Waals surface area contributed by atoms with Crippen LogP contribution in [0.3, 0.4) is 0 Å². The average molecular weight is 293 g/mol. The van der Waals surface area contributed by atoms with Crippen molar-refractivity contribution in [3.8, 4) is 0 Å². The number of carbonyl (C=O) groups excluding carboxylic acids is 1. The molecule has 0 heterocycles. The summed E-state index contributed by atoms with van der Waals surface area (Å²) in [5.74, 6) is -0.398. The number of para-hydroxylation sites is 1. The standard InChI is InChI=1S/C16H24FN3O/c1-19(2)11-12-20(13-7-3-4-8-13)16(21)18-15-10-6-5-9-14(15)17/h5-6,9-10,13H,3-4,7-8,11-12H2,1-2H3,(H,18,21). The predicted molar refractivity (Wildman–Crippen MR) is 82.9 cm³/mol. The molecule has 116 valence electrons. The van der Waals surface area contributed by atoms with Crippen molar-refractivity contribution >= 4 is 11.7 Å². The minimum atomic E-state index is -0.398. The summed E-state index contributed by atoms with van der Waals surface area (Å²) in [4.78, 5) is 16.4. The Kier molecular flexibility index (Phi) is 5.56. The van der Waals surface area contributed by atoms with E-state index in [-0.39, 0.29) is 17.8 Å². The van der Waals surface area contributed by atoms with Gasteiger partial charge >= 0.3 is 6.03 Å². The molecular weight excluding hydrogens is 269 g/mol. The van der Waals surface area contributed by atoms with Crippen molar-refractivity contribution in [3.63, 3.8) is 0 Å². The minimum Gasteiger partial charge on any atom is -0.320 e. The number of benzene rings is 1. The zero-order valence-corrected chi connectivity index (χ0v) is 12.8. The first-order valence-electron chi connectivity index (χ1n) is 7.55. The second-order valence-corrected chi connectivity index (χ2v) is 5.84. The summed E-state index contributed by atoms with van der Waals surface area (Å²) in [7, 11) is 3.98. The molecule has 0 unspecified atom stereocenters. The Morgan fingerprint density at radius 1 is 1.24 bits per heavy atom. The zero-order valence-electron chi connectivity index (χ0n) is 12.8. The van der Waals surface area contributed by atoms with Crippen molar-refractivity contribution in [1.82, 2.24) is 9.80 Å². The summed E-state index contributed by atoms with van der Waals surface area (Å²) < 4.78 is 13.7. The molecule has 0 saturated heterocycles. The normalized spacial score (nSPS) is 15.4. The number of nitrogens with zero attached hydrogens (tertiary/aromatic N) is 2. The van der Waals surface area contributed by atoms with E-state index < -0.39 is 5.82 Å². The molecule has 1 aromatic rings. The number of carbonyl (C=O) groups is 1. The molecule has 0 aromatic heterocycles. The fraction of sp³-hybridized carbons (Fsp3) is 0.562. The van der Waals surface area contributed by atoms with Crippen LogP contribution < -0.4 is 5.32 Å². The van der Waals surface area contributed by atoms with E-state index in [4.69, 9.17) is 0 Å². The summed E-state index contributed by atoms with van der Waals surface area (Å²) in [5.41, 5.74) is 0.246. The molecule has 1 saturated carbocycles. The number of rotatable bonds is 5. The van der Waals surface area contributed by atoms with Crippen LogP contribution in [0.15, 0.2) is 24.3 Å². The van der Waals surface area contributed by atoms with Crippen molar-refractivity contribution in [3.05, 3.63) is 30.1 Å². The van der Waals surface area contributed by atoms with Gasteiger partial charge in [0.25, 0.3) is 0 Å². The number of halogens is 1. The third-order valence-corrected chi connectivity index (χ3v) is 3.93. The lowest BCUT2D eigenvalue weighted by Crippen LogP contribution is -2.45. The van der Waals surface area contributed by atoms with Gasteiger partial charge in [-0.25, -0.2) is 9.18 Å².